The van der Waals surface area contributed by atoms with Crippen LogP contribution in [0.1, 0.15) is 33.1 Å². The summed E-state index contributed by atoms with van der Waals surface area (Å²) in [5, 5.41) is 0. The first-order chi connectivity index (χ1) is 9.86. The van der Waals surface area contributed by atoms with Crippen LogP contribution in [-0.2, 0) is 24.5 Å². The van der Waals surface area contributed by atoms with Gasteiger partial charge in [0, 0.05) is 19.6 Å². The van der Waals surface area contributed by atoms with E-state index in [1.165, 1.54) is 15.7 Å². The average molecular weight is 320 g/mol. The van der Waals surface area contributed by atoms with Crippen LogP contribution in [0.25, 0.3) is 0 Å². The first-order valence-corrected chi connectivity index (χ1v) is 8.76. The molecule has 0 N–H and O–H groups in total. The zero-order chi connectivity index (χ0) is 15.6. The van der Waals surface area contributed by atoms with Crippen molar-refractivity contribution in [1.29, 1.82) is 0 Å². The summed E-state index contributed by atoms with van der Waals surface area (Å²) in [6.45, 7) is 4.70. The largest absolute Gasteiger partial charge is 0.468 e. The van der Waals surface area contributed by atoms with Gasteiger partial charge in [-0.15, -0.1) is 0 Å². The first kappa shape index (κ1) is 16.7. The van der Waals surface area contributed by atoms with Crippen LogP contribution in [0.4, 0.5) is 0 Å². The Kier molecular flexibility index (Phi) is 5.24. The van der Waals surface area contributed by atoms with Crippen LogP contribution < -0.4 is 0 Å². The molecule has 0 saturated carbocycles. The van der Waals surface area contributed by atoms with Gasteiger partial charge in [-0.3, -0.25) is 4.79 Å². The SMILES string of the molecule is COC(=O)C1CCCCN1S(=O)(=O)N1CC(C)OC(C)C1. The Morgan fingerprint density at radius 2 is 1.81 bits per heavy atom. The molecule has 122 valence electrons. The van der Waals surface area contributed by atoms with E-state index in [9.17, 15) is 13.2 Å². The highest BCUT2D eigenvalue weighted by Crippen LogP contribution is 2.25. The van der Waals surface area contributed by atoms with Crippen molar-refractivity contribution in [3.05, 3.63) is 0 Å². The Labute approximate surface area is 126 Å². The van der Waals surface area contributed by atoms with Gasteiger partial charge in [0.15, 0.2) is 0 Å². The van der Waals surface area contributed by atoms with E-state index in [4.69, 9.17) is 9.47 Å². The number of piperidine rings is 1. The van der Waals surface area contributed by atoms with Gasteiger partial charge in [0.05, 0.1) is 19.3 Å². The first-order valence-electron chi connectivity index (χ1n) is 7.36. The van der Waals surface area contributed by atoms with Crippen molar-refractivity contribution in [3.63, 3.8) is 0 Å². The molecule has 2 saturated heterocycles. The minimum absolute atomic E-state index is 0.148. The van der Waals surface area contributed by atoms with Crippen molar-refractivity contribution >= 4 is 16.2 Å². The second kappa shape index (κ2) is 6.60. The van der Waals surface area contributed by atoms with Crippen molar-refractivity contribution in [2.75, 3.05) is 26.7 Å². The van der Waals surface area contributed by atoms with Crippen molar-refractivity contribution in [1.82, 2.24) is 8.61 Å². The van der Waals surface area contributed by atoms with Crippen molar-refractivity contribution in [2.24, 2.45) is 0 Å². The number of carbonyl (C=O) groups is 1. The van der Waals surface area contributed by atoms with E-state index in [0.29, 0.717) is 26.1 Å². The van der Waals surface area contributed by atoms with Gasteiger partial charge >= 0.3 is 5.97 Å². The van der Waals surface area contributed by atoms with Crippen LogP contribution in [0.15, 0.2) is 0 Å². The number of esters is 1. The lowest BCUT2D eigenvalue weighted by Gasteiger charge is -2.40. The average Bonchev–Trinajstić information content (AvgIpc) is 2.45. The number of nitrogens with zero attached hydrogens (tertiary/aromatic N) is 2. The molecule has 7 nitrogen and oxygen atoms in total. The second-order valence-corrected chi connectivity index (χ2v) is 7.61. The Morgan fingerprint density at radius 1 is 1.19 bits per heavy atom. The Balaban J connectivity index is 2.21. The normalized spacial score (nSPS) is 32.8. The summed E-state index contributed by atoms with van der Waals surface area (Å²) < 4.78 is 38.8. The van der Waals surface area contributed by atoms with Gasteiger partial charge in [-0.05, 0) is 33.1 Å². The van der Waals surface area contributed by atoms with E-state index < -0.39 is 22.2 Å². The minimum Gasteiger partial charge on any atom is -0.468 e. The van der Waals surface area contributed by atoms with E-state index in [1.807, 2.05) is 13.8 Å². The monoisotopic (exact) mass is 320 g/mol. The molecule has 3 unspecified atom stereocenters. The van der Waals surface area contributed by atoms with Gasteiger partial charge < -0.3 is 9.47 Å². The quantitative estimate of drug-likeness (QED) is 0.702. The van der Waals surface area contributed by atoms with E-state index >= 15 is 0 Å². The zero-order valence-corrected chi connectivity index (χ0v) is 13.6. The van der Waals surface area contributed by atoms with Gasteiger partial charge in [0.2, 0.25) is 0 Å². The van der Waals surface area contributed by atoms with Crippen molar-refractivity contribution < 1.29 is 22.7 Å². The molecule has 0 aromatic rings. The predicted octanol–water partition coefficient (Wildman–Crippen LogP) is 0.368. The van der Waals surface area contributed by atoms with E-state index in [2.05, 4.69) is 0 Å². The number of rotatable bonds is 3. The molecule has 0 radical (unpaired) electrons. The zero-order valence-electron chi connectivity index (χ0n) is 12.8. The van der Waals surface area contributed by atoms with Crippen LogP contribution in [0.3, 0.4) is 0 Å². The summed E-state index contributed by atoms with van der Waals surface area (Å²) in [7, 11) is -2.38. The fourth-order valence-corrected chi connectivity index (χ4v) is 4.99. The van der Waals surface area contributed by atoms with Crippen LogP contribution in [0.2, 0.25) is 0 Å². The molecule has 0 spiro atoms. The Bertz CT molecular complexity index is 471. The van der Waals surface area contributed by atoms with Crippen molar-refractivity contribution in [3.8, 4) is 0 Å². The number of ether oxygens (including phenoxy) is 2. The maximum atomic E-state index is 12.9. The van der Waals surface area contributed by atoms with E-state index in [1.54, 1.807) is 0 Å². The fraction of sp³-hybridized carbons (Fsp3) is 0.923. The number of carbonyl (C=O) groups excluding carboxylic acids is 1. The summed E-state index contributed by atoms with van der Waals surface area (Å²) in [5.41, 5.74) is 0. The number of methoxy groups -OCH3 is 1. The van der Waals surface area contributed by atoms with Crippen LogP contribution in [-0.4, -0.2) is 68.0 Å². The standard InChI is InChI=1S/C13H24N2O5S/c1-10-8-14(9-11(2)20-10)21(17,18)15-7-5-4-6-12(15)13(16)19-3/h10-12H,4-9H2,1-3H3. The Morgan fingerprint density at radius 3 is 2.38 bits per heavy atom. The van der Waals surface area contributed by atoms with Gasteiger partial charge in [-0.2, -0.15) is 17.0 Å². The van der Waals surface area contributed by atoms with Gasteiger partial charge in [0.1, 0.15) is 6.04 Å². The molecule has 2 rings (SSSR count). The molecule has 2 aliphatic heterocycles. The number of morpholine rings is 1. The summed E-state index contributed by atoms with van der Waals surface area (Å²) >= 11 is 0. The Hall–Kier alpha value is -0.700. The molecule has 3 atom stereocenters. The molecule has 8 heteroatoms. The molecule has 0 amide bonds. The maximum absolute atomic E-state index is 12.9. The molecule has 0 aromatic carbocycles. The molecule has 2 fully saturated rings. The van der Waals surface area contributed by atoms with Gasteiger partial charge in [0.25, 0.3) is 10.2 Å². The van der Waals surface area contributed by atoms with E-state index in [0.717, 1.165) is 12.8 Å². The third kappa shape index (κ3) is 3.56. The lowest BCUT2D eigenvalue weighted by molar-refractivity contribution is -0.146. The van der Waals surface area contributed by atoms with Gasteiger partial charge in [-0.1, -0.05) is 0 Å². The highest BCUT2D eigenvalue weighted by molar-refractivity contribution is 7.86. The summed E-state index contributed by atoms with van der Waals surface area (Å²) in [5.74, 6) is -0.479. The third-order valence-corrected chi connectivity index (χ3v) is 5.92. The molecule has 0 bridgehead atoms. The molecule has 2 heterocycles. The van der Waals surface area contributed by atoms with Crippen LogP contribution in [0, 0.1) is 0 Å². The summed E-state index contributed by atoms with van der Waals surface area (Å²) in [6, 6.07) is -0.706. The molecular formula is C13H24N2O5S. The topological polar surface area (TPSA) is 76.2 Å². The molecule has 21 heavy (non-hydrogen) atoms. The second-order valence-electron chi connectivity index (χ2n) is 5.73. The fourth-order valence-electron chi connectivity index (χ4n) is 3.02. The van der Waals surface area contributed by atoms with Gasteiger partial charge in [-0.25, -0.2) is 0 Å². The third-order valence-electron chi connectivity index (χ3n) is 3.94. The highest BCUT2D eigenvalue weighted by atomic mass is 32.2. The smallest absolute Gasteiger partial charge is 0.324 e. The van der Waals surface area contributed by atoms with Crippen LogP contribution >= 0.6 is 0 Å². The minimum atomic E-state index is -3.67. The number of hydrogen-bond acceptors (Lipinski definition) is 5. The lowest BCUT2D eigenvalue weighted by Crippen LogP contribution is -2.57. The number of hydrogen-bond donors (Lipinski definition) is 0. The maximum Gasteiger partial charge on any atom is 0.324 e. The van der Waals surface area contributed by atoms with Crippen molar-refractivity contribution in [2.45, 2.75) is 51.4 Å². The van der Waals surface area contributed by atoms with E-state index in [-0.39, 0.29) is 12.2 Å². The summed E-state index contributed by atoms with van der Waals surface area (Å²) in [6.07, 6.45) is 1.82. The molecule has 2 aliphatic rings. The lowest BCUT2D eigenvalue weighted by atomic mass is 10.1. The highest BCUT2D eigenvalue weighted by Gasteiger charge is 2.42. The molecular weight excluding hydrogens is 296 g/mol. The predicted molar refractivity (Wildman–Crippen MR) is 76.9 cm³/mol. The van der Waals surface area contributed by atoms with Crippen LogP contribution in [0.5, 0.6) is 0 Å². The summed E-state index contributed by atoms with van der Waals surface area (Å²) in [4.78, 5) is 11.9. The molecule has 0 aromatic heterocycles. The molecule has 0 aliphatic carbocycles.